The Labute approximate surface area is 178 Å². The molecule has 0 aliphatic carbocycles. The fraction of sp³-hybridized carbons (Fsp3) is 0.182. The normalized spacial score (nSPS) is 16.3. The highest BCUT2D eigenvalue weighted by molar-refractivity contribution is 8.00. The third-order valence-corrected chi connectivity index (χ3v) is 6.51. The molecule has 1 atom stereocenters. The van der Waals surface area contributed by atoms with Gasteiger partial charge in [0.2, 0.25) is 5.91 Å². The van der Waals surface area contributed by atoms with E-state index in [1.165, 1.54) is 0 Å². The summed E-state index contributed by atoms with van der Waals surface area (Å²) in [6, 6.07) is 16.4. The van der Waals surface area contributed by atoms with Crippen molar-refractivity contribution in [2.45, 2.75) is 18.8 Å². The number of carbonyl (C=O) groups excluding carboxylic acids is 2. The van der Waals surface area contributed by atoms with E-state index in [0.29, 0.717) is 28.6 Å². The molecule has 0 saturated carbocycles. The molecule has 3 aromatic rings. The molecular formula is C22H19ClN2O3S. The molecule has 7 heteroatoms. The lowest BCUT2D eigenvalue weighted by molar-refractivity contribution is -0.128. The van der Waals surface area contributed by atoms with Crippen molar-refractivity contribution in [2.24, 2.45) is 0 Å². The molecule has 1 saturated heterocycles. The van der Waals surface area contributed by atoms with Gasteiger partial charge in [-0.1, -0.05) is 29.8 Å². The number of thioether (sulfide) groups is 1. The minimum Gasteiger partial charge on any atom is -0.467 e. The molecule has 1 N–H and O–H groups in total. The van der Waals surface area contributed by atoms with Gasteiger partial charge in [-0.2, -0.15) is 0 Å². The van der Waals surface area contributed by atoms with Gasteiger partial charge in [-0.05, 0) is 54.4 Å². The van der Waals surface area contributed by atoms with Crippen molar-refractivity contribution in [3.8, 4) is 0 Å². The van der Waals surface area contributed by atoms with E-state index in [9.17, 15) is 9.59 Å². The van der Waals surface area contributed by atoms with Gasteiger partial charge in [0.25, 0.3) is 5.91 Å². The van der Waals surface area contributed by atoms with E-state index in [0.717, 1.165) is 16.9 Å². The Hall–Kier alpha value is -2.70. The van der Waals surface area contributed by atoms with Gasteiger partial charge in [0.1, 0.15) is 11.1 Å². The van der Waals surface area contributed by atoms with Crippen LogP contribution in [0, 0.1) is 6.92 Å². The van der Waals surface area contributed by atoms with Gasteiger partial charge in [-0.15, -0.1) is 11.8 Å². The van der Waals surface area contributed by atoms with Crippen LogP contribution in [0.25, 0.3) is 0 Å². The number of furan rings is 1. The molecule has 2 amide bonds. The average Bonchev–Trinajstić information content (AvgIpc) is 3.36. The number of amides is 2. The maximum Gasteiger partial charge on any atom is 0.255 e. The molecule has 0 spiro atoms. The van der Waals surface area contributed by atoms with E-state index in [4.69, 9.17) is 16.0 Å². The highest BCUT2D eigenvalue weighted by atomic mass is 35.5. The zero-order chi connectivity index (χ0) is 20.4. The van der Waals surface area contributed by atoms with Crippen LogP contribution in [0.3, 0.4) is 0 Å². The number of nitrogens with zero attached hydrogens (tertiary/aromatic N) is 1. The first kappa shape index (κ1) is 19.6. The van der Waals surface area contributed by atoms with Crippen molar-refractivity contribution in [3.05, 3.63) is 88.3 Å². The molecule has 0 bridgehead atoms. The average molecular weight is 427 g/mol. The number of rotatable bonds is 5. The second-order valence-corrected chi connectivity index (χ2v) is 8.23. The minimum atomic E-state index is -0.204. The molecule has 2 aromatic carbocycles. The van der Waals surface area contributed by atoms with Crippen LogP contribution in [0.15, 0.2) is 65.3 Å². The van der Waals surface area contributed by atoms with Gasteiger partial charge in [0, 0.05) is 16.3 Å². The molecule has 1 aromatic heterocycles. The van der Waals surface area contributed by atoms with Gasteiger partial charge < -0.3 is 14.6 Å². The summed E-state index contributed by atoms with van der Waals surface area (Å²) in [5.41, 5.74) is 3.03. The standard InChI is InChI=1S/C22H19ClN2O3S/c1-14-18(23)5-2-6-19(14)24-21(27)15-7-9-16(10-8-15)22-25(20(26)13-29-22)12-17-4-3-11-28-17/h2-11,22H,12-13H2,1H3,(H,24,27)/t22-/m1/s1. The second kappa shape index (κ2) is 8.35. The van der Waals surface area contributed by atoms with Gasteiger partial charge in [0.15, 0.2) is 0 Å². The summed E-state index contributed by atoms with van der Waals surface area (Å²) in [6.07, 6.45) is 1.60. The van der Waals surface area contributed by atoms with Crippen LogP contribution in [0.1, 0.15) is 32.6 Å². The van der Waals surface area contributed by atoms with E-state index < -0.39 is 0 Å². The summed E-state index contributed by atoms with van der Waals surface area (Å²) in [5.74, 6) is 1.06. The fourth-order valence-corrected chi connectivity index (χ4v) is 4.57. The quantitative estimate of drug-likeness (QED) is 0.603. The van der Waals surface area contributed by atoms with E-state index in [2.05, 4.69) is 5.32 Å². The van der Waals surface area contributed by atoms with Crippen LogP contribution in [-0.4, -0.2) is 22.5 Å². The van der Waals surface area contributed by atoms with E-state index in [1.54, 1.807) is 47.2 Å². The first-order chi connectivity index (χ1) is 14.0. The molecule has 29 heavy (non-hydrogen) atoms. The molecule has 4 rings (SSSR count). The largest absolute Gasteiger partial charge is 0.467 e. The molecule has 148 valence electrons. The van der Waals surface area contributed by atoms with Gasteiger partial charge >= 0.3 is 0 Å². The topological polar surface area (TPSA) is 62.6 Å². The van der Waals surface area contributed by atoms with Crippen LogP contribution in [0.4, 0.5) is 5.69 Å². The molecule has 2 heterocycles. The Morgan fingerprint density at radius 1 is 1.21 bits per heavy atom. The highest BCUT2D eigenvalue weighted by Crippen LogP contribution is 2.39. The zero-order valence-corrected chi connectivity index (χ0v) is 17.3. The smallest absolute Gasteiger partial charge is 0.255 e. The summed E-state index contributed by atoms with van der Waals surface area (Å²) in [4.78, 5) is 26.7. The Balaban J connectivity index is 1.49. The monoisotopic (exact) mass is 426 g/mol. The molecular weight excluding hydrogens is 408 g/mol. The molecule has 0 unspecified atom stereocenters. The number of hydrogen-bond acceptors (Lipinski definition) is 4. The van der Waals surface area contributed by atoms with Crippen LogP contribution in [0.2, 0.25) is 5.02 Å². The predicted molar refractivity (Wildman–Crippen MR) is 115 cm³/mol. The molecule has 1 aliphatic rings. The Morgan fingerprint density at radius 3 is 2.72 bits per heavy atom. The lowest BCUT2D eigenvalue weighted by Crippen LogP contribution is -2.27. The SMILES string of the molecule is Cc1c(Cl)cccc1NC(=O)c1ccc([C@H]2SCC(=O)N2Cc2ccco2)cc1. The molecule has 5 nitrogen and oxygen atoms in total. The summed E-state index contributed by atoms with van der Waals surface area (Å²) in [5, 5.41) is 3.41. The van der Waals surface area contributed by atoms with Crippen molar-refractivity contribution in [1.82, 2.24) is 4.90 Å². The summed E-state index contributed by atoms with van der Waals surface area (Å²) in [7, 11) is 0. The first-order valence-corrected chi connectivity index (χ1v) is 10.6. The van der Waals surface area contributed by atoms with Crippen LogP contribution < -0.4 is 5.32 Å². The number of anilines is 1. The van der Waals surface area contributed by atoms with Gasteiger partial charge in [-0.3, -0.25) is 9.59 Å². The van der Waals surface area contributed by atoms with Crippen molar-refractivity contribution in [2.75, 3.05) is 11.1 Å². The molecule has 1 aliphatic heterocycles. The van der Waals surface area contributed by atoms with Crippen molar-refractivity contribution >= 4 is 40.9 Å². The fourth-order valence-electron chi connectivity index (χ4n) is 3.21. The third kappa shape index (κ3) is 4.18. The maximum atomic E-state index is 12.6. The van der Waals surface area contributed by atoms with Crippen LogP contribution in [-0.2, 0) is 11.3 Å². The zero-order valence-electron chi connectivity index (χ0n) is 15.7. The Bertz CT molecular complexity index is 1030. The number of benzene rings is 2. The van der Waals surface area contributed by atoms with Gasteiger partial charge in [-0.25, -0.2) is 0 Å². The third-order valence-electron chi connectivity index (χ3n) is 4.85. The maximum absolute atomic E-state index is 12.6. The van der Waals surface area contributed by atoms with Crippen LogP contribution in [0.5, 0.6) is 0 Å². The number of hydrogen-bond donors (Lipinski definition) is 1. The number of carbonyl (C=O) groups is 2. The second-order valence-electron chi connectivity index (χ2n) is 6.75. The lowest BCUT2D eigenvalue weighted by Gasteiger charge is -2.23. The van der Waals surface area contributed by atoms with Crippen LogP contribution >= 0.6 is 23.4 Å². The van der Waals surface area contributed by atoms with Crippen molar-refractivity contribution in [1.29, 1.82) is 0 Å². The summed E-state index contributed by atoms with van der Waals surface area (Å²) >= 11 is 7.69. The first-order valence-electron chi connectivity index (χ1n) is 9.13. The Kier molecular flexibility index (Phi) is 5.65. The number of nitrogens with one attached hydrogen (secondary N) is 1. The summed E-state index contributed by atoms with van der Waals surface area (Å²) < 4.78 is 5.39. The Morgan fingerprint density at radius 2 is 2.00 bits per heavy atom. The highest BCUT2D eigenvalue weighted by Gasteiger charge is 2.33. The number of halogens is 1. The van der Waals surface area contributed by atoms with Gasteiger partial charge in [0.05, 0.1) is 18.6 Å². The van der Waals surface area contributed by atoms with Crippen molar-refractivity contribution < 1.29 is 14.0 Å². The van der Waals surface area contributed by atoms with Crippen molar-refractivity contribution in [3.63, 3.8) is 0 Å². The summed E-state index contributed by atoms with van der Waals surface area (Å²) in [6.45, 7) is 2.29. The van der Waals surface area contributed by atoms with E-state index in [-0.39, 0.29) is 17.2 Å². The molecule has 1 fully saturated rings. The van der Waals surface area contributed by atoms with E-state index >= 15 is 0 Å². The predicted octanol–water partition coefficient (Wildman–Crippen LogP) is 5.27. The minimum absolute atomic E-state index is 0.0784. The van der Waals surface area contributed by atoms with E-state index in [1.807, 2.05) is 37.3 Å². The molecule has 0 radical (unpaired) electrons. The lowest BCUT2D eigenvalue weighted by atomic mass is 10.1.